The zero-order chi connectivity index (χ0) is 19.6. The fourth-order valence-electron chi connectivity index (χ4n) is 2.69. The lowest BCUT2D eigenvalue weighted by molar-refractivity contribution is -0.111. The molecule has 0 saturated carbocycles. The van der Waals surface area contributed by atoms with Crippen molar-refractivity contribution in [2.24, 2.45) is 5.92 Å². The van der Waals surface area contributed by atoms with E-state index in [2.05, 4.69) is 13.8 Å². The minimum atomic E-state index is -0.820. The maximum absolute atomic E-state index is 12.4. The summed E-state index contributed by atoms with van der Waals surface area (Å²) in [6, 6.07) is 2.30. The number of fused-ring (bicyclic) bond motifs is 1. The van der Waals surface area contributed by atoms with Crippen molar-refractivity contribution in [3.63, 3.8) is 0 Å². The summed E-state index contributed by atoms with van der Waals surface area (Å²) in [6.07, 6.45) is 6.02. The van der Waals surface area contributed by atoms with Crippen LogP contribution in [0.25, 0.3) is 5.76 Å². The Hall–Kier alpha value is -2.95. The van der Waals surface area contributed by atoms with Crippen LogP contribution in [0, 0.1) is 5.92 Å². The highest BCUT2D eigenvalue weighted by molar-refractivity contribution is 6.52. The van der Waals surface area contributed by atoms with E-state index in [1.54, 1.807) is 6.08 Å². The molecular formula is C21H22O5. The molecular weight excluding hydrogens is 332 g/mol. The van der Waals surface area contributed by atoms with Gasteiger partial charge in [0.05, 0.1) is 5.56 Å². The third-order valence-electron chi connectivity index (χ3n) is 4.49. The number of aromatic hydroxyl groups is 1. The van der Waals surface area contributed by atoms with Crippen LogP contribution in [0.5, 0.6) is 5.75 Å². The molecule has 0 saturated heterocycles. The highest BCUT2D eigenvalue weighted by Crippen LogP contribution is 2.33. The first kappa shape index (κ1) is 19.4. The van der Waals surface area contributed by atoms with E-state index >= 15 is 0 Å². The second kappa shape index (κ2) is 7.52. The lowest BCUT2D eigenvalue weighted by Gasteiger charge is -2.17. The van der Waals surface area contributed by atoms with Crippen LogP contribution in [0.2, 0.25) is 0 Å². The summed E-state index contributed by atoms with van der Waals surface area (Å²) >= 11 is 0. The maximum Gasteiger partial charge on any atom is 0.234 e. The molecule has 2 N–H and O–H groups in total. The normalized spacial score (nSPS) is 16.2. The van der Waals surface area contributed by atoms with Gasteiger partial charge in [-0.1, -0.05) is 38.0 Å². The van der Waals surface area contributed by atoms with Gasteiger partial charge in [-0.05, 0) is 38.0 Å². The van der Waals surface area contributed by atoms with Gasteiger partial charge in [0.2, 0.25) is 11.6 Å². The molecule has 0 amide bonds. The van der Waals surface area contributed by atoms with Crippen molar-refractivity contribution in [2.75, 3.05) is 0 Å². The first-order valence-corrected chi connectivity index (χ1v) is 8.44. The van der Waals surface area contributed by atoms with Gasteiger partial charge in [0.25, 0.3) is 0 Å². The second-order valence-corrected chi connectivity index (χ2v) is 6.54. The molecule has 0 heterocycles. The molecule has 26 heavy (non-hydrogen) atoms. The molecule has 1 aromatic carbocycles. The summed E-state index contributed by atoms with van der Waals surface area (Å²) in [5, 5.41) is 20.3. The van der Waals surface area contributed by atoms with Crippen LogP contribution >= 0.6 is 0 Å². The Morgan fingerprint density at radius 3 is 2.38 bits per heavy atom. The van der Waals surface area contributed by atoms with Gasteiger partial charge in [-0.2, -0.15) is 0 Å². The molecule has 1 aliphatic rings. The molecule has 1 aliphatic carbocycles. The van der Waals surface area contributed by atoms with Crippen LogP contribution in [0.4, 0.5) is 0 Å². The average molecular weight is 354 g/mol. The highest BCUT2D eigenvalue weighted by atomic mass is 16.3. The number of aliphatic hydroxyl groups is 1. The van der Waals surface area contributed by atoms with Crippen molar-refractivity contribution >= 4 is 23.1 Å². The molecule has 0 radical (unpaired) electrons. The third-order valence-corrected chi connectivity index (χ3v) is 4.49. The first-order valence-electron chi connectivity index (χ1n) is 8.44. The number of benzene rings is 1. The van der Waals surface area contributed by atoms with E-state index in [0.29, 0.717) is 5.92 Å². The third kappa shape index (κ3) is 3.67. The topological polar surface area (TPSA) is 91.7 Å². The van der Waals surface area contributed by atoms with Crippen molar-refractivity contribution < 1.29 is 24.6 Å². The molecule has 136 valence electrons. The number of carbonyl (C=O) groups excluding carboxylic acids is 3. The smallest absolute Gasteiger partial charge is 0.234 e. The summed E-state index contributed by atoms with van der Waals surface area (Å²) < 4.78 is 0. The Kier molecular flexibility index (Phi) is 5.60. The van der Waals surface area contributed by atoms with Crippen molar-refractivity contribution in [3.8, 4) is 5.75 Å². The minimum absolute atomic E-state index is 0.0437. The van der Waals surface area contributed by atoms with Gasteiger partial charge in [-0.25, -0.2) is 0 Å². The van der Waals surface area contributed by atoms with Crippen LogP contribution in [0.15, 0.2) is 41.5 Å². The minimum Gasteiger partial charge on any atom is -0.507 e. The Labute approximate surface area is 152 Å². The Morgan fingerprint density at radius 1 is 1.12 bits per heavy atom. The van der Waals surface area contributed by atoms with Crippen molar-refractivity contribution in [2.45, 2.75) is 34.1 Å². The number of allylic oxidation sites excluding steroid dienone is 5. The number of carbonyl (C=O) groups is 3. The number of ketones is 3. The molecule has 0 aromatic heterocycles. The largest absolute Gasteiger partial charge is 0.507 e. The van der Waals surface area contributed by atoms with E-state index in [9.17, 15) is 24.6 Å². The molecule has 1 aromatic rings. The van der Waals surface area contributed by atoms with E-state index in [1.807, 2.05) is 13.0 Å². The zero-order valence-corrected chi connectivity index (χ0v) is 15.3. The second-order valence-electron chi connectivity index (χ2n) is 6.54. The monoisotopic (exact) mass is 354 g/mol. The van der Waals surface area contributed by atoms with Crippen molar-refractivity contribution in [3.05, 3.63) is 58.2 Å². The maximum atomic E-state index is 12.4. The van der Waals surface area contributed by atoms with Crippen molar-refractivity contribution in [1.29, 1.82) is 0 Å². The van der Waals surface area contributed by atoms with Crippen LogP contribution in [-0.2, 0) is 4.79 Å². The van der Waals surface area contributed by atoms with Crippen LogP contribution in [0.3, 0.4) is 0 Å². The van der Waals surface area contributed by atoms with Crippen molar-refractivity contribution in [1.82, 2.24) is 0 Å². The van der Waals surface area contributed by atoms with E-state index in [-0.39, 0.29) is 28.0 Å². The quantitative estimate of drug-likeness (QED) is 0.358. The van der Waals surface area contributed by atoms with Gasteiger partial charge in [0.1, 0.15) is 11.5 Å². The van der Waals surface area contributed by atoms with Gasteiger partial charge in [-0.15, -0.1) is 0 Å². The molecule has 2 rings (SSSR count). The summed E-state index contributed by atoms with van der Waals surface area (Å²) in [7, 11) is 0. The Balaban J connectivity index is 2.42. The molecule has 0 fully saturated rings. The number of aliphatic hydroxyl groups excluding tert-OH is 1. The first-order chi connectivity index (χ1) is 12.2. The predicted octanol–water partition coefficient (Wildman–Crippen LogP) is 4.18. The fourth-order valence-corrected chi connectivity index (χ4v) is 2.69. The molecule has 5 nitrogen and oxygen atoms in total. The van der Waals surface area contributed by atoms with E-state index < -0.39 is 23.1 Å². The lowest BCUT2D eigenvalue weighted by Crippen LogP contribution is -2.23. The summed E-state index contributed by atoms with van der Waals surface area (Å²) in [6.45, 7) is 7.37. The number of phenols is 1. The van der Waals surface area contributed by atoms with Gasteiger partial charge in [-0.3, -0.25) is 14.4 Å². The molecule has 1 atom stereocenters. The molecule has 5 heteroatoms. The fraction of sp³-hybridized carbons (Fsp3) is 0.286. The van der Waals surface area contributed by atoms with Gasteiger partial charge < -0.3 is 10.2 Å². The number of rotatable bonds is 5. The SMILES string of the molecule is CC[C@H](C)/C=C(C)/C=C/C(=O)c1cc2c(cc1O)C(=O)C(=O)C(C)=C2O. The molecule has 0 spiro atoms. The van der Waals surface area contributed by atoms with E-state index in [0.717, 1.165) is 18.1 Å². The number of hydrogen-bond donors (Lipinski definition) is 2. The Bertz CT molecular complexity index is 884. The van der Waals surface area contributed by atoms with Crippen LogP contribution in [-0.4, -0.2) is 27.6 Å². The lowest BCUT2D eigenvalue weighted by atomic mass is 9.87. The van der Waals surface area contributed by atoms with E-state index in [1.165, 1.54) is 19.1 Å². The average Bonchev–Trinajstić information content (AvgIpc) is 2.62. The molecule has 0 bridgehead atoms. The standard InChI is InChI=1S/C21H22O5/c1-5-11(2)8-12(3)6-7-17(22)16-9-14-15(10-18(16)23)21(26)20(25)13(4)19(14)24/h6-11,23-24H,5H2,1-4H3/b7-6+,12-8+/t11-/m0/s1. The van der Waals surface area contributed by atoms with Crippen LogP contribution in [0.1, 0.15) is 60.4 Å². The number of Topliss-reactive ketones (excluding diaryl/α,β-unsaturated/α-hetero) is 2. The van der Waals surface area contributed by atoms with Crippen LogP contribution < -0.4 is 0 Å². The number of hydrogen-bond acceptors (Lipinski definition) is 5. The van der Waals surface area contributed by atoms with Gasteiger partial charge in [0.15, 0.2) is 5.78 Å². The summed E-state index contributed by atoms with van der Waals surface area (Å²) in [5.41, 5.74) is 0.773. The summed E-state index contributed by atoms with van der Waals surface area (Å²) in [5.74, 6) is -2.46. The summed E-state index contributed by atoms with van der Waals surface area (Å²) in [4.78, 5) is 36.2. The Morgan fingerprint density at radius 2 is 1.77 bits per heavy atom. The predicted molar refractivity (Wildman–Crippen MR) is 99.3 cm³/mol. The molecule has 0 aliphatic heterocycles. The highest BCUT2D eigenvalue weighted by Gasteiger charge is 2.32. The van der Waals surface area contributed by atoms with Gasteiger partial charge in [0, 0.05) is 16.7 Å². The number of phenolic OH excluding ortho intramolecular Hbond substituents is 1. The molecule has 0 unspecified atom stereocenters. The van der Waals surface area contributed by atoms with Gasteiger partial charge >= 0.3 is 0 Å². The zero-order valence-electron chi connectivity index (χ0n) is 15.3. The van der Waals surface area contributed by atoms with E-state index in [4.69, 9.17) is 0 Å².